The van der Waals surface area contributed by atoms with Crippen molar-refractivity contribution in [2.45, 2.75) is 33.3 Å². The van der Waals surface area contributed by atoms with Gasteiger partial charge in [0.25, 0.3) is 0 Å². The lowest BCUT2D eigenvalue weighted by Gasteiger charge is -2.21. The minimum absolute atomic E-state index is 0.444. The Hall–Kier alpha value is -1.06. The van der Waals surface area contributed by atoms with Crippen LogP contribution in [-0.2, 0) is 4.74 Å². The molecule has 0 rings (SSSR count). The van der Waals surface area contributed by atoms with Crippen LogP contribution in [0, 0.1) is 0 Å². The van der Waals surface area contributed by atoms with Crippen molar-refractivity contribution >= 4 is 12.3 Å². The molecule has 0 unspecified atom stereocenters. The van der Waals surface area contributed by atoms with E-state index >= 15 is 0 Å². The lowest BCUT2D eigenvalue weighted by molar-refractivity contribution is 0.0304. The molecule has 0 atom stereocenters. The summed E-state index contributed by atoms with van der Waals surface area (Å²) in [7, 11) is 1.55. The molecule has 0 saturated heterocycles. The van der Waals surface area contributed by atoms with Crippen molar-refractivity contribution in [2.75, 3.05) is 7.05 Å². The second-order valence-corrected chi connectivity index (χ2v) is 3.38. The maximum Gasteiger partial charge on any atom is 0.430 e. The Morgan fingerprint density at radius 1 is 1.50 bits per heavy atom. The summed E-state index contributed by atoms with van der Waals surface area (Å²) in [5, 5.41) is 4.90. The maximum atomic E-state index is 11.1. The molecule has 0 heterocycles. The van der Waals surface area contributed by atoms with Crippen molar-refractivity contribution in [1.29, 1.82) is 0 Å². The molecule has 0 aromatic carbocycles. The molecule has 0 bridgehead atoms. The lowest BCUT2D eigenvalue weighted by atomic mass is 10.2. The van der Waals surface area contributed by atoms with E-state index in [9.17, 15) is 4.79 Å². The normalized spacial score (nSPS) is 11.8. The highest BCUT2D eigenvalue weighted by atomic mass is 16.6. The molecule has 4 heteroatoms. The summed E-state index contributed by atoms with van der Waals surface area (Å²) >= 11 is 0. The van der Waals surface area contributed by atoms with Crippen LogP contribution in [0.4, 0.5) is 4.79 Å². The molecule has 0 fully saturated rings. The topological polar surface area (TPSA) is 41.9 Å². The SMILES string of the molecule is CC=NN(C)C(=O)OC(C)(C)C. The first-order valence-corrected chi connectivity index (χ1v) is 3.82. The van der Waals surface area contributed by atoms with Crippen LogP contribution in [0.2, 0.25) is 0 Å². The van der Waals surface area contributed by atoms with E-state index in [-0.39, 0.29) is 0 Å². The minimum Gasteiger partial charge on any atom is -0.442 e. The average Bonchev–Trinajstić information content (AvgIpc) is 1.84. The zero-order valence-electron chi connectivity index (χ0n) is 8.29. The predicted octanol–water partition coefficient (Wildman–Crippen LogP) is 1.86. The van der Waals surface area contributed by atoms with Crippen molar-refractivity contribution in [3.8, 4) is 0 Å². The molecule has 0 aromatic rings. The van der Waals surface area contributed by atoms with Crippen LogP contribution >= 0.6 is 0 Å². The first-order chi connectivity index (χ1) is 5.37. The van der Waals surface area contributed by atoms with E-state index in [2.05, 4.69) is 5.10 Å². The van der Waals surface area contributed by atoms with E-state index in [0.717, 1.165) is 5.01 Å². The van der Waals surface area contributed by atoms with Gasteiger partial charge >= 0.3 is 6.09 Å². The monoisotopic (exact) mass is 172 g/mol. The lowest BCUT2D eigenvalue weighted by Crippen LogP contribution is -2.31. The quantitative estimate of drug-likeness (QED) is 0.447. The Kier molecular flexibility index (Phi) is 3.73. The minimum atomic E-state index is -0.464. The van der Waals surface area contributed by atoms with Gasteiger partial charge in [-0.25, -0.2) is 9.80 Å². The number of rotatable bonds is 1. The summed E-state index contributed by atoms with van der Waals surface area (Å²) in [6.45, 7) is 7.18. The Balaban J connectivity index is 4.05. The number of carbonyl (C=O) groups is 1. The molecule has 0 spiro atoms. The van der Waals surface area contributed by atoms with Gasteiger partial charge in [0, 0.05) is 13.3 Å². The molecule has 0 aliphatic heterocycles. The molecule has 0 aliphatic carbocycles. The van der Waals surface area contributed by atoms with Crippen LogP contribution in [0.1, 0.15) is 27.7 Å². The van der Waals surface area contributed by atoms with Crippen LogP contribution in [0.25, 0.3) is 0 Å². The van der Waals surface area contributed by atoms with Crippen LogP contribution < -0.4 is 0 Å². The molecule has 70 valence electrons. The second-order valence-electron chi connectivity index (χ2n) is 3.38. The average molecular weight is 172 g/mol. The van der Waals surface area contributed by atoms with Gasteiger partial charge in [-0.15, -0.1) is 0 Å². The third-order valence-electron chi connectivity index (χ3n) is 0.946. The van der Waals surface area contributed by atoms with Gasteiger partial charge in [-0.05, 0) is 27.7 Å². The Bertz CT molecular complexity index is 182. The number of hydrogen-bond acceptors (Lipinski definition) is 3. The van der Waals surface area contributed by atoms with Crippen LogP contribution in [0.15, 0.2) is 5.10 Å². The maximum absolute atomic E-state index is 11.1. The number of ether oxygens (including phenoxy) is 1. The summed E-state index contributed by atoms with van der Waals surface area (Å²) in [5.41, 5.74) is -0.464. The van der Waals surface area contributed by atoms with Gasteiger partial charge in [-0.3, -0.25) is 0 Å². The summed E-state index contributed by atoms with van der Waals surface area (Å²) in [6, 6.07) is 0. The Labute approximate surface area is 73.2 Å². The number of hydrazone groups is 1. The van der Waals surface area contributed by atoms with Gasteiger partial charge in [0.05, 0.1) is 0 Å². The smallest absolute Gasteiger partial charge is 0.430 e. The van der Waals surface area contributed by atoms with Crippen LogP contribution in [0.5, 0.6) is 0 Å². The molecular weight excluding hydrogens is 156 g/mol. The van der Waals surface area contributed by atoms with Gasteiger partial charge < -0.3 is 4.74 Å². The summed E-state index contributed by atoms with van der Waals surface area (Å²) in [6.07, 6.45) is 1.09. The summed E-state index contributed by atoms with van der Waals surface area (Å²) < 4.78 is 5.03. The molecule has 1 amide bonds. The van der Waals surface area contributed by atoms with Gasteiger partial charge in [0.1, 0.15) is 5.60 Å². The highest BCUT2D eigenvalue weighted by Gasteiger charge is 2.18. The highest BCUT2D eigenvalue weighted by Crippen LogP contribution is 2.08. The third kappa shape index (κ3) is 4.71. The van der Waals surface area contributed by atoms with Crippen molar-refractivity contribution in [3.63, 3.8) is 0 Å². The Morgan fingerprint density at radius 2 is 2.00 bits per heavy atom. The van der Waals surface area contributed by atoms with Crippen LogP contribution in [-0.4, -0.2) is 30.0 Å². The van der Waals surface area contributed by atoms with Crippen molar-refractivity contribution < 1.29 is 9.53 Å². The fourth-order valence-corrected chi connectivity index (χ4v) is 0.548. The summed E-state index contributed by atoms with van der Waals surface area (Å²) in [5.74, 6) is 0. The molecule has 0 aliphatic rings. The third-order valence-corrected chi connectivity index (χ3v) is 0.946. The van der Waals surface area contributed by atoms with E-state index in [1.807, 2.05) is 20.8 Å². The highest BCUT2D eigenvalue weighted by molar-refractivity contribution is 5.69. The van der Waals surface area contributed by atoms with E-state index in [1.165, 1.54) is 6.21 Å². The number of carbonyl (C=O) groups excluding carboxylic acids is 1. The Morgan fingerprint density at radius 3 is 2.33 bits per heavy atom. The molecule has 12 heavy (non-hydrogen) atoms. The zero-order chi connectivity index (χ0) is 9.78. The largest absolute Gasteiger partial charge is 0.442 e. The van der Waals surface area contributed by atoms with Crippen molar-refractivity contribution in [3.05, 3.63) is 0 Å². The van der Waals surface area contributed by atoms with E-state index in [1.54, 1.807) is 14.0 Å². The number of hydrogen-bond donors (Lipinski definition) is 0. The second kappa shape index (κ2) is 4.09. The molecule has 4 nitrogen and oxygen atoms in total. The number of amides is 1. The van der Waals surface area contributed by atoms with Gasteiger partial charge in [0.2, 0.25) is 0 Å². The molecule has 0 N–H and O–H groups in total. The van der Waals surface area contributed by atoms with E-state index in [0.29, 0.717) is 0 Å². The predicted molar refractivity (Wildman–Crippen MR) is 48.2 cm³/mol. The first-order valence-electron chi connectivity index (χ1n) is 3.82. The molecule has 0 aromatic heterocycles. The van der Waals surface area contributed by atoms with Crippen molar-refractivity contribution in [2.24, 2.45) is 5.10 Å². The molecule has 0 saturated carbocycles. The first kappa shape index (κ1) is 10.9. The van der Waals surface area contributed by atoms with Crippen molar-refractivity contribution in [1.82, 2.24) is 5.01 Å². The van der Waals surface area contributed by atoms with Crippen LogP contribution in [0.3, 0.4) is 0 Å². The van der Waals surface area contributed by atoms with Gasteiger partial charge in [-0.1, -0.05) is 0 Å². The summed E-state index contributed by atoms with van der Waals surface area (Å²) in [4.78, 5) is 11.1. The zero-order valence-corrected chi connectivity index (χ0v) is 8.29. The van der Waals surface area contributed by atoms with E-state index < -0.39 is 11.7 Å². The standard InChI is InChI=1S/C8H16N2O2/c1-6-9-10(5)7(11)12-8(2,3)4/h6H,1-5H3. The fraction of sp³-hybridized carbons (Fsp3) is 0.750. The molecule has 0 radical (unpaired) electrons. The van der Waals surface area contributed by atoms with E-state index in [4.69, 9.17) is 4.74 Å². The number of nitrogens with zero attached hydrogens (tertiary/aromatic N) is 2. The van der Waals surface area contributed by atoms with Gasteiger partial charge in [-0.2, -0.15) is 5.10 Å². The van der Waals surface area contributed by atoms with Gasteiger partial charge in [0.15, 0.2) is 0 Å². The molecular formula is C8H16N2O2. The fourth-order valence-electron chi connectivity index (χ4n) is 0.548.